The van der Waals surface area contributed by atoms with Crippen molar-refractivity contribution in [2.45, 2.75) is 30.8 Å². The van der Waals surface area contributed by atoms with Crippen molar-refractivity contribution in [3.8, 4) is 39.1 Å². The van der Waals surface area contributed by atoms with Crippen molar-refractivity contribution in [2.24, 2.45) is 0 Å². The second kappa shape index (κ2) is 13.5. The van der Waals surface area contributed by atoms with Gasteiger partial charge in [0.25, 0.3) is 0 Å². The normalized spacial score (nSPS) is 11.6. The lowest BCUT2D eigenvalue weighted by Gasteiger charge is -2.20. The summed E-state index contributed by atoms with van der Waals surface area (Å²) in [6.07, 6.45) is -2.60. The maximum atomic E-state index is 15.2. The number of rotatable bonds is 10. The zero-order chi connectivity index (χ0) is 33.2. The summed E-state index contributed by atoms with van der Waals surface area (Å²) in [5, 5.41) is 0. The van der Waals surface area contributed by atoms with Gasteiger partial charge in [0.1, 0.15) is 34.6 Å². The first-order valence-electron chi connectivity index (χ1n) is 13.9. The summed E-state index contributed by atoms with van der Waals surface area (Å²) in [7, 11) is 0. The fraction of sp³-hybridized carbons (Fsp3) is 0.143. The zero-order valence-corrected chi connectivity index (χ0v) is 24.7. The Balaban J connectivity index is 1.37. The number of unbranched alkanes of at least 4 members (excludes halogenated alkanes) is 1. The van der Waals surface area contributed by atoms with E-state index in [1.807, 2.05) is 24.3 Å². The van der Waals surface area contributed by atoms with E-state index in [1.165, 1.54) is 18.2 Å². The standard InChI is InChI=1S/C35H23F9OS/c1-2-3-12-46-24-8-4-19(5-9-24)20-6-10-25(27(36)13-20)21-7-11-26(28(37)14-21)22-15-29(38)33(30(39)16-22)35(43,44)45-23-17-31(40)34(42)32(41)18-23/h4-11,13-18H,2-3,12H2,1H3. The van der Waals surface area contributed by atoms with Crippen LogP contribution in [0.2, 0.25) is 0 Å². The molecule has 238 valence electrons. The van der Waals surface area contributed by atoms with E-state index >= 15 is 8.78 Å². The molecule has 0 heterocycles. The summed E-state index contributed by atoms with van der Waals surface area (Å²) in [4.78, 5) is 1.10. The summed E-state index contributed by atoms with van der Waals surface area (Å²) < 4.78 is 133. The Morgan fingerprint density at radius 1 is 0.565 bits per heavy atom. The average Bonchev–Trinajstić information content (AvgIpc) is 2.99. The monoisotopic (exact) mass is 662 g/mol. The topological polar surface area (TPSA) is 9.23 Å². The zero-order valence-electron chi connectivity index (χ0n) is 23.9. The van der Waals surface area contributed by atoms with Crippen molar-refractivity contribution >= 4 is 11.8 Å². The molecule has 0 aromatic heterocycles. The Morgan fingerprint density at radius 2 is 1.07 bits per heavy atom. The number of hydrogen-bond acceptors (Lipinski definition) is 2. The second-order valence-electron chi connectivity index (χ2n) is 10.3. The highest BCUT2D eigenvalue weighted by atomic mass is 32.2. The molecule has 0 bridgehead atoms. The first-order chi connectivity index (χ1) is 21.9. The highest BCUT2D eigenvalue weighted by molar-refractivity contribution is 7.99. The minimum Gasteiger partial charge on any atom is -0.429 e. The third-order valence-electron chi connectivity index (χ3n) is 7.05. The van der Waals surface area contributed by atoms with Crippen LogP contribution in [0.5, 0.6) is 5.75 Å². The molecular weight excluding hydrogens is 639 g/mol. The van der Waals surface area contributed by atoms with Crippen molar-refractivity contribution in [1.29, 1.82) is 0 Å². The summed E-state index contributed by atoms with van der Waals surface area (Å²) in [5.41, 5.74) is -1.22. The lowest BCUT2D eigenvalue weighted by atomic mass is 9.96. The van der Waals surface area contributed by atoms with Crippen molar-refractivity contribution < 1.29 is 44.3 Å². The van der Waals surface area contributed by atoms with E-state index in [0.717, 1.165) is 41.2 Å². The van der Waals surface area contributed by atoms with E-state index in [0.29, 0.717) is 17.7 Å². The van der Waals surface area contributed by atoms with Crippen molar-refractivity contribution in [2.75, 3.05) is 5.75 Å². The van der Waals surface area contributed by atoms with Gasteiger partial charge in [-0.2, -0.15) is 8.78 Å². The van der Waals surface area contributed by atoms with Gasteiger partial charge in [-0.15, -0.1) is 11.8 Å². The molecule has 11 heteroatoms. The predicted octanol–water partition coefficient (Wildman–Crippen LogP) is 11.7. The molecule has 46 heavy (non-hydrogen) atoms. The summed E-state index contributed by atoms with van der Waals surface area (Å²) in [5.74, 6) is -11.3. The molecule has 5 aromatic carbocycles. The number of hydrogen-bond donors (Lipinski definition) is 0. The van der Waals surface area contributed by atoms with Crippen LogP contribution in [0.25, 0.3) is 33.4 Å². The number of alkyl halides is 2. The minimum absolute atomic E-state index is 0.0547. The van der Waals surface area contributed by atoms with Gasteiger partial charge in [-0.3, -0.25) is 0 Å². The van der Waals surface area contributed by atoms with Crippen molar-refractivity contribution in [1.82, 2.24) is 0 Å². The van der Waals surface area contributed by atoms with Crippen LogP contribution in [0.4, 0.5) is 39.5 Å². The van der Waals surface area contributed by atoms with Crippen LogP contribution in [0.3, 0.4) is 0 Å². The van der Waals surface area contributed by atoms with Crippen LogP contribution in [-0.2, 0) is 6.11 Å². The SMILES string of the molecule is CCCCSc1ccc(-c2ccc(-c3ccc(-c4cc(F)c(C(F)(F)Oc5cc(F)c(F)c(F)c5)c(F)c4)c(F)c3)c(F)c2)cc1. The molecule has 0 saturated carbocycles. The molecule has 0 aliphatic carbocycles. The number of thioether (sulfide) groups is 1. The van der Waals surface area contributed by atoms with E-state index in [-0.39, 0.29) is 28.8 Å². The smallest absolute Gasteiger partial charge is 0.429 e. The van der Waals surface area contributed by atoms with Gasteiger partial charge in [-0.05, 0) is 70.8 Å². The van der Waals surface area contributed by atoms with Crippen molar-refractivity contribution in [3.05, 3.63) is 131 Å². The molecule has 0 saturated heterocycles. The number of ether oxygens (including phenoxy) is 1. The first kappa shape index (κ1) is 33.0. The Hall–Kier alpha value is -4.38. The predicted molar refractivity (Wildman–Crippen MR) is 159 cm³/mol. The fourth-order valence-electron chi connectivity index (χ4n) is 4.72. The van der Waals surface area contributed by atoms with Gasteiger partial charge < -0.3 is 4.74 Å². The molecule has 0 aliphatic rings. The van der Waals surface area contributed by atoms with Crippen molar-refractivity contribution in [3.63, 3.8) is 0 Å². The van der Waals surface area contributed by atoms with Gasteiger partial charge in [0.15, 0.2) is 17.5 Å². The summed E-state index contributed by atoms with van der Waals surface area (Å²) in [6, 6.07) is 16.5. The minimum atomic E-state index is -4.80. The van der Waals surface area contributed by atoms with E-state index in [4.69, 9.17) is 0 Å². The van der Waals surface area contributed by atoms with Crippen LogP contribution >= 0.6 is 11.8 Å². The van der Waals surface area contributed by atoms with Crippen LogP contribution in [0.15, 0.2) is 89.8 Å². The molecule has 0 spiro atoms. The summed E-state index contributed by atoms with van der Waals surface area (Å²) >= 11 is 1.73. The third kappa shape index (κ3) is 7.04. The largest absolute Gasteiger partial charge is 0.432 e. The molecule has 0 unspecified atom stereocenters. The number of halogens is 9. The highest BCUT2D eigenvalue weighted by Crippen LogP contribution is 2.39. The Morgan fingerprint density at radius 3 is 1.63 bits per heavy atom. The maximum absolute atomic E-state index is 15.2. The molecule has 1 nitrogen and oxygen atoms in total. The van der Waals surface area contributed by atoms with Gasteiger partial charge >= 0.3 is 6.11 Å². The molecule has 5 aromatic rings. The van der Waals surface area contributed by atoms with E-state index in [2.05, 4.69) is 11.7 Å². The molecule has 0 radical (unpaired) electrons. The highest BCUT2D eigenvalue weighted by Gasteiger charge is 2.41. The molecule has 5 rings (SSSR count). The Kier molecular flexibility index (Phi) is 9.71. The number of benzene rings is 5. The van der Waals surface area contributed by atoms with Crippen LogP contribution < -0.4 is 4.74 Å². The lowest BCUT2D eigenvalue weighted by molar-refractivity contribution is -0.189. The van der Waals surface area contributed by atoms with Gasteiger partial charge in [0.05, 0.1) is 0 Å². The van der Waals surface area contributed by atoms with Gasteiger partial charge in [0, 0.05) is 28.2 Å². The summed E-state index contributed by atoms with van der Waals surface area (Å²) in [6.45, 7) is 2.12. The average molecular weight is 663 g/mol. The third-order valence-corrected chi connectivity index (χ3v) is 8.15. The van der Waals surface area contributed by atoms with Crippen LogP contribution in [-0.4, -0.2) is 5.75 Å². The quantitative estimate of drug-likeness (QED) is 0.0637. The molecule has 0 fully saturated rings. The lowest BCUT2D eigenvalue weighted by Crippen LogP contribution is -2.25. The molecule has 0 aliphatic heterocycles. The first-order valence-corrected chi connectivity index (χ1v) is 14.9. The van der Waals surface area contributed by atoms with Gasteiger partial charge in [0.2, 0.25) is 0 Å². The van der Waals surface area contributed by atoms with Gasteiger partial charge in [-0.1, -0.05) is 49.7 Å². The van der Waals surface area contributed by atoms with Crippen LogP contribution in [0, 0.1) is 40.7 Å². The molecule has 0 amide bonds. The van der Waals surface area contributed by atoms with E-state index in [1.54, 1.807) is 17.8 Å². The van der Waals surface area contributed by atoms with Gasteiger partial charge in [-0.25, -0.2) is 30.7 Å². The maximum Gasteiger partial charge on any atom is 0.432 e. The fourth-order valence-corrected chi connectivity index (χ4v) is 5.72. The molecule has 0 atom stereocenters. The Labute approximate surface area is 262 Å². The van der Waals surface area contributed by atoms with Crippen LogP contribution in [0.1, 0.15) is 25.3 Å². The van der Waals surface area contributed by atoms with E-state index < -0.39 is 63.7 Å². The van der Waals surface area contributed by atoms with E-state index in [9.17, 15) is 30.7 Å². The second-order valence-corrected chi connectivity index (χ2v) is 11.4. The Bertz CT molecular complexity index is 1840. The molecular formula is C35H23F9OS. The molecule has 0 N–H and O–H groups in total.